The number of hydrogen-bond acceptors (Lipinski definition) is 5. The van der Waals surface area contributed by atoms with Gasteiger partial charge in [0.1, 0.15) is 0 Å². The lowest BCUT2D eigenvalue weighted by molar-refractivity contribution is 0.512. The SMILES string of the molecule is CC(C)CCn1c(=O)c2ccccc2n2c(SCCCCCn3cccn3)nnc12. The highest BCUT2D eigenvalue weighted by molar-refractivity contribution is 7.99. The smallest absolute Gasteiger partial charge is 0.262 e. The first-order chi connectivity index (χ1) is 14.6. The minimum atomic E-state index is 0.0151. The largest absolute Gasteiger partial charge is 0.276 e. The number of para-hydroxylation sites is 1. The summed E-state index contributed by atoms with van der Waals surface area (Å²) in [7, 11) is 0. The maximum atomic E-state index is 13.1. The van der Waals surface area contributed by atoms with Gasteiger partial charge in [0.25, 0.3) is 5.56 Å². The number of unbranched alkanes of at least 4 members (excludes halogenated alkanes) is 2. The fourth-order valence-corrected chi connectivity index (χ4v) is 4.50. The van der Waals surface area contributed by atoms with Gasteiger partial charge in [0.05, 0.1) is 10.9 Å². The van der Waals surface area contributed by atoms with Crippen LogP contribution in [0.1, 0.15) is 39.5 Å². The van der Waals surface area contributed by atoms with Crippen molar-refractivity contribution in [2.75, 3.05) is 5.75 Å². The van der Waals surface area contributed by atoms with Gasteiger partial charge in [-0.2, -0.15) is 5.10 Å². The van der Waals surface area contributed by atoms with Crippen LogP contribution in [0.5, 0.6) is 0 Å². The molecule has 0 fully saturated rings. The van der Waals surface area contributed by atoms with Crippen LogP contribution in [0.4, 0.5) is 0 Å². The number of fused-ring (bicyclic) bond motifs is 3. The molecule has 4 rings (SSSR count). The standard InChI is InChI=1S/C22H28N6OS/c1-17(2)11-15-27-20(29)18-9-4-5-10-19(18)28-21(27)24-25-22(28)30-16-7-3-6-13-26-14-8-12-23-26/h4-5,8-10,12,14,17H,3,6-7,11,13,15-16H2,1-2H3. The number of nitrogens with zero attached hydrogens (tertiary/aromatic N) is 6. The van der Waals surface area contributed by atoms with E-state index in [0.29, 0.717) is 18.2 Å². The van der Waals surface area contributed by atoms with E-state index in [1.165, 1.54) is 0 Å². The Balaban J connectivity index is 1.51. The fourth-order valence-electron chi connectivity index (χ4n) is 3.56. The van der Waals surface area contributed by atoms with E-state index < -0.39 is 0 Å². The number of hydrogen-bond donors (Lipinski definition) is 0. The second-order valence-electron chi connectivity index (χ2n) is 7.95. The van der Waals surface area contributed by atoms with Crippen molar-refractivity contribution in [3.63, 3.8) is 0 Å². The van der Waals surface area contributed by atoms with E-state index in [0.717, 1.165) is 54.0 Å². The third kappa shape index (κ3) is 4.43. The monoisotopic (exact) mass is 424 g/mol. The molecule has 0 aliphatic heterocycles. The van der Waals surface area contributed by atoms with Crippen LogP contribution in [-0.4, -0.2) is 34.7 Å². The summed E-state index contributed by atoms with van der Waals surface area (Å²) >= 11 is 1.71. The van der Waals surface area contributed by atoms with E-state index in [-0.39, 0.29) is 5.56 Å². The van der Waals surface area contributed by atoms with Gasteiger partial charge in [-0.15, -0.1) is 10.2 Å². The topological polar surface area (TPSA) is 70.0 Å². The summed E-state index contributed by atoms with van der Waals surface area (Å²) in [6.07, 6.45) is 8.10. The molecule has 158 valence electrons. The van der Waals surface area contributed by atoms with E-state index in [1.807, 2.05) is 51.8 Å². The van der Waals surface area contributed by atoms with Crippen LogP contribution in [-0.2, 0) is 13.1 Å². The van der Waals surface area contributed by atoms with Gasteiger partial charge in [0, 0.05) is 31.2 Å². The first-order valence-corrected chi connectivity index (χ1v) is 11.6. The van der Waals surface area contributed by atoms with Crippen molar-refractivity contribution in [3.05, 3.63) is 53.1 Å². The summed E-state index contributed by atoms with van der Waals surface area (Å²) in [6, 6.07) is 9.71. The van der Waals surface area contributed by atoms with Crippen molar-refractivity contribution in [3.8, 4) is 0 Å². The van der Waals surface area contributed by atoms with Crippen molar-refractivity contribution >= 4 is 28.4 Å². The van der Waals surface area contributed by atoms with Crippen molar-refractivity contribution in [1.29, 1.82) is 0 Å². The first kappa shape index (κ1) is 20.7. The molecule has 7 nitrogen and oxygen atoms in total. The number of thioether (sulfide) groups is 1. The minimum Gasteiger partial charge on any atom is -0.276 e. The zero-order chi connectivity index (χ0) is 20.9. The second kappa shape index (κ2) is 9.47. The van der Waals surface area contributed by atoms with E-state index in [9.17, 15) is 4.79 Å². The van der Waals surface area contributed by atoms with Crippen LogP contribution in [0, 0.1) is 5.92 Å². The third-order valence-corrected chi connectivity index (χ3v) is 6.25. The predicted octanol–water partition coefficient (Wildman–Crippen LogP) is 4.25. The Morgan fingerprint density at radius 1 is 1.03 bits per heavy atom. The summed E-state index contributed by atoms with van der Waals surface area (Å²) in [5.41, 5.74) is 0.894. The average Bonchev–Trinajstić information content (AvgIpc) is 3.40. The van der Waals surface area contributed by atoms with Crippen LogP contribution in [0.3, 0.4) is 0 Å². The molecule has 4 aromatic rings. The molecule has 0 saturated carbocycles. The number of aryl methyl sites for hydroxylation is 2. The summed E-state index contributed by atoms with van der Waals surface area (Å²) in [5, 5.41) is 14.6. The molecule has 0 unspecified atom stereocenters. The minimum absolute atomic E-state index is 0.0151. The van der Waals surface area contributed by atoms with Gasteiger partial charge >= 0.3 is 0 Å². The lowest BCUT2D eigenvalue weighted by atomic mass is 10.1. The molecule has 0 atom stereocenters. The number of rotatable bonds is 10. The molecular formula is C22H28N6OS. The third-order valence-electron chi connectivity index (χ3n) is 5.23. The molecule has 0 aliphatic carbocycles. The molecule has 0 N–H and O–H groups in total. The molecule has 1 aromatic carbocycles. The van der Waals surface area contributed by atoms with E-state index in [4.69, 9.17) is 0 Å². The normalized spacial score (nSPS) is 11.8. The van der Waals surface area contributed by atoms with Crippen LogP contribution in [0.2, 0.25) is 0 Å². The Hall–Kier alpha value is -2.61. The Bertz CT molecular complexity index is 1160. The highest BCUT2D eigenvalue weighted by Crippen LogP contribution is 2.23. The van der Waals surface area contributed by atoms with Crippen LogP contribution < -0.4 is 5.56 Å². The zero-order valence-corrected chi connectivity index (χ0v) is 18.4. The lowest BCUT2D eigenvalue weighted by Crippen LogP contribution is -2.24. The van der Waals surface area contributed by atoms with Gasteiger partial charge in [-0.25, -0.2) is 0 Å². The highest BCUT2D eigenvalue weighted by atomic mass is 32.2. The van der Waals surface area contributed by atoms with Crippen molar-refractivity contribution in [2.45, 2.75) is 57.8 Å². The van der Waals surface area contributed by atoms with Gasteiger partial charge < -0.3 is 0 Å². The lowest BCUT2D eigenvalue weighted by Gasteiger charge is -2.12. The number of aromatic nitrogens is 6. The van der Waals surface area contributed by atoms with Crippen molar-refractivity contribution in [1.82, 2.24) is 28.9 Å². The van der Waals surface area contributed by atoms with E-state index >= 15 is 0 Å². The first-order valence-electron chi connectivity index (χ1n) is 10.6. The predicted molar refractivity (Wildman–Crippen MR) is 121 cm³/mol. The van der Waals surface area contributed by atoms with Gasteiger partial charge in [0.15, 0.2) is 5.16 Å². The van der Waals surface area contributed by atoms with Gasteiger partial charge in [0.2, 0.25) is 5.78 Å². The molecular weight excluding hydrogens is 396 g/mol. The molecule has 8 heteroatoms. The molecule has 0 aliphatic rings. The molecule has 0 amide bonds. The molecule has 30 heavy (non-hydrogen) atoms. The van der Waals surface area contributed by atoms with Crippen molar-refractivity contribution < 1.29 is 0 Å². The van der Waals surface area contributed by atoms with Crippen LogP contribution >= 0.6 is 11.8 Å². The molecule has 0 bridgehead atoms. The maximum Gasteiger partial charge on any atom is 0.262 e. The Morgan fingerprint density at radius 2 is 1.90 bits per heavy atom. The Labute approximate surface area is 180 Å². The fraction of sp³-hybridized carbons (Fsp3) is 0.455. The van der Waals surface area contributed by atoms with Gasteiger partial charge in [-0.3, -0.25) is 18.4 Å². The molecule has 0 radical (unpaired) electrons. The zero-order valence-electron chi connectivity index (χ0n) is 17.6. The maximum absolute atomic E-state index is 13.1. The summed E-state index contributed by atoms with van der Waals surface area (Å²) in [6.45, 7) is 5.95. The Morgan fingerprint density at radius 3 is 2.70 bits per heavy atom. The van der Waals surface area contributed by atoms with E-state index in [2.05, 4.69) is 29.1 Å². The molecule has 3 aromatic heterocycles. The van der Waals surface area contributed by atoms with Crippen LogP contribution in [0.25, 0.3) is 16.7 Å². The van der Waals surface area contributed by atoms with Gasteiger partial charge in [-0.1, -0.05) is 44.2 Å². The average molecular weight is 425 g/mol. The molecule has 0 spiro atoms. The molecule has 3 heterocycles. The van der Waals surface area contributed by atoms with E-state index in [1.54, 1.807) is 16.3 Å². The summed E-state index contributed by atoms with van der Waals surface area (Å²) in [4.78, 5) is 13.1. The number of benzene rings is 1. The summed E-state index contributed by atoms with van der Waals surface area (Å²) in [5.74, 6) is 2.13. The summed E-state index contributed by atoms with van der Waals surface area (Å²) < 4.78 is 5.80. The quantitative estimate of drug-likeness (QED) is 0.281. The van der Waals surface area contributed by atoms with Crippen LogP contribution in [0.15, 0.2) is 52.7 Å². The van der Waals surface area contributed by atoms with Gasteiger partial charge in [-0.05, 0) is 43.4 Å². The molecule has 0 saturated heterocycles. The highest BCUT2D eigenvalue weighted by Gasteiger charge is 2.16. The van der Waals surface area contributed by atoms with Crippen molar-refractivity contribution in [2.24, 2.45) is 5.92 Å². The second-order valence-corrected chi connectivity index (χ2v) is 9.01. The Kier molecular flexibility index (Phi) is 6.52.